The van der Waals surface area contributed by atoms with Crippen molar-refractivity contribution in [3.63, 3.8) is 0 Å². The second kappa shape index (κ2) is 5.07. The molecule has 0 saturated heterocycles. The Labute approximate surface area is 122 Å². The fourth-order valence-electron chi connectivity index (χ4n) is 3.85. The van der Waals surface area contributed by atoms with Crippen LogP contribution in [0.25, 0.3) is 0 Å². The zero-order valence-corrected chi connectivity index (χ0v) is 13.0. The van der Waals surface area contributed by atoms with Gasteiger partial charge in [-0.2, -0.15) is 0 Å². The molecule has 2 saturated carbocycles. The first-order chi connectivity index (χ1) is 9.57. The molecule has 2 aliphatic carbocycles. The van der Waals surface area contributed by atoms with Crippen molar-refractivity contribution in [2.75, 3.05) is 20.2 Å². The van der Waals surface area contributed by atoms with Gasteiger partial charge in [-0.3, -0.25) is 0 Å². The minimum atomic E-state index is 0.377. The first-order valence-corrected chi connectivity index (χ1v) is 7.96. The molecule has 3 rings (SSSR count). The third-order valence-electron chi connectivity index (χ3n) is 4.95. The number of hydrogen-bond acceptors (Lipinski definition) is 2. The smallest absolute Gasteiger partial charge is 0.119 e. The van der Waals surface area contributed by atoms with E-state index in [0.717, 1.165) is 24.3 Å². The van der Waals surface area contributed by atoms with E-state index in [1.807, 2.05) is 0 Å². The molecule has 20 heavy (non-hydrogen) atoms. The Kier molecular flexibility index (Phi) is 3.53. The summed E-state index contributed by atoms with van der Waals surface area (Å²) in [5, 5.41) is 3.40. The van der Waals surface area contributed by atoms with E-state index in [1.54, 1.807) is 0 Å². The average molecular weight is 273 g/mol. The summed E-state index contributed by atoms with van der Waals surface area (Å²) in [6, 6.07) is 8.85. The molecule has 2 fully saturated rings. The fraction of sp³-hybridized carbons (Fsp3) is 0.667. The lowest BCUT2D eigenvalue weighted by molar-refractivity contribution is 0.118. The summed E-state index contributed by atoms with van der Waals surface area (Å²) in [6.07, 6.45) is 5.64. The van der Waals surface area contributed by atoms with Crippen molar-refractivity contribution < 1.29 is 4.74 Å². The maximum absolute atomic E-state index is 5.78. The Hall–Kier alpha value is -1.02. The van der Waals surface area contributed by atoms with E-state index >= 15 is 0 Å². The lowest BCUT2D eigenvalue weighted by atomic mass is 9.56. The van der Waals surface area contributed by atoms with Crippen molar-refractivity contribution in [2.24, 2.45) is 11.3 Å². The molecule has 1 spiro atoms. The molecule has 2 nitrogen and oxygen atoms in total. The molecule has 0 aliphatic heterocycles. The van der Waals surface area contributed by atoms with Crippen molar-refractivity contribution in [1.29, 1.82) is 0 Å². The third kappa shape index (κ3) is 2.58. The van der Waals surface area contributed by atoms with Gasteiger partial charge in [-0.1, -0.05) is 26.0 Å². The number of likely N-dealkylation sites (N-methyl/N-ethyl adjacent to an activating group) is 1. The van der Waals surface area contributed by atoms with Gasteiger partial charge in [0.15, 0.2) is 0 Å². The van der Waals surface area contributed by atoms with Gasteiger partial charge in [-0.05, 0) is 61.8 Å². The summed E-state index contributed by atoms with van der Waals surface area (Å²) in [6.45, 7) is 6.25. The molecule has 1 aromatic carbocycles. The summed E-state index contributed by atoms with van der Waals surface area (Å²) in [5.41, 5.74) is 2.59. The zero-order chi connectivity index (χ0) is 14.2. The van der Waals surface area contributed by atoms with Crippen LogP contribution in [0.1, 0.15) is 45.1 Å². The molecule has 0 heterocycles. The lowest BCUT2D eigenvalue weighted by Gasteiger charge is -2.49. The fourth-order valence-corrected chi connectivity index (χ4v) is 3.85. The first kappa shape index (κ1) is 13.9. The molecule has 0 unspecified atom stereocenters. The monoisotopic (exact) mass is 273 g/mol. The normalized spacial score (nSPS) is 21.8. The molecule has 0 amide bonds. The van der Waals surface area contributed by atoms with Crippen LogP contribution < -0.4 is 10.1 Å². The second-order valence-electron chi connectivity index (χ2n) is 7.39. The molecule has 2 aliphatic rings. The van der Waals surface area contributed by atoms with Gasteiger partial charge < -0.3 is 10.1 Å². The van der Waals surface area contributed by atoms with Gasteiger partial charge in [0, 0.05) is 12.0 Å². The molecular formula is C18H27NO. The molecule has 0 bridgehead atoms. The largest absolute Gasteiger partial charge is 0.493 e. The zero-order valence-electron chi connectivity index (χ0n) is 13.0. The minimum absolute atomic E-state index is 0.377. The van der Waals surface area contributed by atoms with Gasteiger partial charge in [-0.15, -0.1) is 0 Å². The number of nitrogens with one attached hydrogen (secondary N) is 1. The van der Waals surface area contributed by atoms with Crippen molar-refractivity contribution in [2.45, 2.75) is 44.9 Å². The second-order valence-corrected chi connectivity index (χ2v) is 7.39. The van der Waals surface area contributed by atoms with Gasteiger partial charge in [-0.25, -0.2) is 0 Å². The first-order valence-electron chi connectivity index (χ1n) is 7.96. The van der Waals surface area contributed by atoms with Crippen LogP contribution in [-0.4, -0.2) is 20.2 Å². The van der Waals surface area contributed by atoms with Crippen molar-refractivity contribution in [1.82, 2.24) is 5.32 Å². The highest BCUT2D eigenvalue weighted by Crippen LogP contribution is 2.68. The highest BCUT2D eigenvalue weighted by atomic mass is 16.5. The van der Waals surface area contributed by atoms with Gasteiger partial charge in [0.05, 0.1) is 6.61 Å². The Morgan fingerprint density at radius 1 is 1.15 bits per heavy atom. The third-order valence-corrected chi connectivity index (χ3v) is 4.95. The lowest BCUT2D eigenvalue weighted by Crippen LogP contribution is -2.49. The van der Waals surface area contributed by atoms with E-state index in [-0.39, 0.29) is 0 Å². The molecule has 0 radical (unpaired) electrons. The number of ether oxygens (including phenoxy) is 1. The summed E-state index contributed by atoms with van der Waals surface area (Å²) < 4.78 is 5.78. The average Bonchev–Trinajstić information content (AvgIpc) is 3.16. The van der Waals surface area contributed by atoms with Crippen molar-refractivity contribution in [3.8, 4) is 5.75 Å². The summed E-state index contributed by atoms with van der Waals surface area (Å²) in [4.78, 5) is 0. The van der Waals surface area contributed by atoms with Crippen LogP contribution in [0.15, 0.2) is 24.3 Å². The topological polar surface area (TPSA) is 21.3 Å². The Balaban J connectivity index is 1.69. The van der Waals surface area contributed by atoms with Gasteiger partial charge in [0.2, 0.25) is 0 Å². The molecule has 2 heteroatoms. The van der Waals surface area contributed by atoms with Crippen LogP contribution in [0.2, 0.25) is 0 Å². The molecule has 110 valence electrons. The molecule has 1 N–H and O–H groups in total. The van der Waals surface area contributed by atoms with E-state index in [1.165, 1.54) is 31.2 Å². The molecular weight excluding hydrogens is 246 g/mol. The van der Waals surface area contributed by atoms with Crippen molar-refractivity contribution >= 4 is 0 Å². The van der Waals surface area contributed by atoms with E-state index < -0.39 is 0 Å². The summed E-state index contributed by atoms with van der Waals surface area (Å²) in [5.74, 6) is 1.58. The van der Waals surface area contributed by atoms with Gasteiger partial charge in [0.25, 0.3) is 0 Å². The number of benzene rings is 1. The van der Waals surface area contributed by atoms with Gasteiger partial charge >= 0.3 is 0 Å². The Morgan fingerprint density at radius 2 is 1.80 bits per heavy atom. The van der Waals surface area contributed by atoms with Crippen LogP contribution in [0.4, 0.5) is 0 Å². The predicted octanol–water partition coefficient (Wildman–Crippen LogP) is 3.75. The van der Waals surface area contributed by atoms with Crippen molar-refractivity contribution in [3.05, 3.63) is 29.8 Å². The Bertz CT molecular complexity index is 451. The molecule has 0 atom stereocenters. The maximum Gasteiger partial charge on any atom is 0.119 e. The van der Waals surface area contributed by atoms with E-state index in [9.17, 15) is 0 Å². The van der Waals surface area contributed by atoms with E-state index in [4.69, 9.17) is 4.74 Å². The summed E-state index contributed by atoms with van der Waals surface area (Å²) >= 11 is 0. The minimum Gasteiger partial charge on any atom is -0.493 e. The van der Waals surface area contributed by atoms with E-state index in [0.29, 0.717) is 11.3 Å². The van der Waals surface area contributed by atoms with Crippen LogP contribution in [0.5, 0.6) is 5.75 Å². The highest BCUT2D eigenvalue weighted by Gasteiger charge is 2.60. The Morgan fingerprint density at radius 3 is 2.30 bits per heavy atom. The summed E-state index contributed by atoms with van der Waals surface area (Å²) in [7, 11) is 2.07. The number of hydrogen-bond donors (Lipinski definition) is 1. The quantitative estimate of drug-likeness (QED) is 0.852. The van der Waals surface area contributed by atoms with Crippen LogP contribution in [0, 0.1) is 11.3 Å². The maximum atomic E-state index is 5.78. The molecule has 0 aromatic heterocycles. The number of rotatable bonds is 6. The van der Waals surface area contributed by atoms with Crippen LogP contribution in [0.3, 0.4) is 0 Å². The SMILES string of the molecule is CNCC1(c2ccc(OCC(C)C)cc2)CC2(CC2)C1. The van der Waals surface area contributed by atoms with Gasteiger partial charge in [0.1, 0.15) is 5.75 Å². The van der Waals surface area contributed by atoms with E-state index in [2.05, 4.69) is 50.5 Å². The van der Waals surface area contributed by atoms with Crippen LogP contribution >= 0.6 is 0 Å². The predicted molar refractivity (Wildman–Crippen MR) is 83.3 cm³/mol. The molecule has 1 aromatic rings. The van der Waals surface area contributed by atoms with Crippen LogP contribution in [-0.2, 0) is 5.41 Å². The standard InChI is InChI=1S/C18H27NO/c1-14(2)10-20-16-6-4-15(5-7-16)18(13-19-3)11-17(12-18)8-9-17/h4-7,14,19H,8-13H2,1-3H3. The highest BCUT2D eigenvalue weighted by molar-refractivity contribution is 5.37.